The summed E-state index contributed by atoms with van der Waals surface area (Å²) in [6, 6.07) is 18.3. The van der Waals surface area contributed by atoms with Gasteiger partial charge in [0, 0.05) is 6.42 Å². The molecular formula is C22H19NO5. The lowest BCUT2D eigenvalue weighted by molar-refractivity contribution is -0.141. The Bertz CT molecular complexity index is 1030. The fraction of sp³-hybridized carbons (Fsp3) is 0.136. The van der Waals surface area contributed by atoms with Gasteiger partial charge in [-0.3, -0.25) is 4.79 Å². The molecule has 0 aliphatic rings. The van der Waals surface area contributed by atoms with Gasteiger partial charge in [-0.2, -0.15) is 0 Å². The van der Waals surface area contributed by atoms with Gasteiger partial charge in [-0.05, 0) is 34.0 Å². The third-order valence-electron chi connectivity index (χ3n) is 4.45. The van der Waals surface area contributed by atoms with Gasteiger partial charge in [-0.15, -0.1) is 0 Å². The molecule has 6 heteroatoms. The molecule has 0 saturated carbocycles. The van der Waals surface area contributed by atoms with E-state index in [9.17, 15) is 19.5 Å². The number of benzene rings is 3. The van der Waals surface area contributed by atoms with Crippen molar-refractivity contribution in [2.24, 2.45) is 0 Å². The number of nitrogens with one attached hydrogen (secondary N) is 1. The van der Waals surface area contributed by atoms with Gasteiger partial charge in [-0.1, -0.05) is 54.6 Å². The summed E-state index contributed by atoms with van der Waals surface area (Å²) in [4.78, 5) is 34.8. The predicted molar refractivity (Wildman–Crippen MR) is 104 cm³/mol. The molecule has 28 heavy (non-hydrogen) atoms. The molecule has 0 bridgehead atoms. The summed E-state index contributed by atoms with van der Waals surface area (Å²) in [7, 11) is 0. The molecule has 0 aromatic heterocycles. The number of aliphatic carboxylic acids is 1. The summed E-state index contributed by atoms with van der Waals surface area (Å²) in [6.07, 6.45) is 0.144. The minimum absolute atomic E-state index is 0.0681. The molecular weight excluding hydrogens is 358 g/mol. The number of carbonyl (C=O) groups is 3. The van der Waals surface area contributed by atoms with Gasteiger partial charge in [0.25, 0.3) is 0 Å². The summed E-state index contributed by atoms with van der Waals surface area (Å²) >= 11 is 0. The van der Waals surface area contributed by atoms with Crippen LogP contribution in [0.25, 0.3) is 10.8 Å². The number of amides is 1. The van der Waals surface area contributed by atoms with Gasteiger partial charge in [0.15, 0.2) is 0 Å². The average Bonchev–Trinajstić information content (AvgIpc) is 2.67. The lowest BCUT2D eigenvalue weighted by Gasteiger charge is -2.15. The fourth-order valence-electron chi connectivity index (χ4n) is 3.00. The number of carboxylic acid groups (broad SMARTS) is 2. The molecule has 142 valence electrons. The number of fused-ring (bicyclic) bond motifs is 1. The summed E-state index contributed by atoms with van der Waals surface area (Å²) in [5.74, 6) is -2.58. The van der Waals surface area contributed by atoms with E-state index >= 15 is 0 Å². The molecule has 1 atom stereocenters. The first-order chi connectivity index (χ1) is 13.4. The Morgan fingerprint density at radius 2 is 1.46 bits per heavy atom. The Morgan fingerprint density at radius 1 is 0.821 bits per heavy atom. The molecule has 3 aromatic rings. The smallest absolute Gasteiger partial charge is 0.335 e. The van der Waals surface area contributed by atoms with Gasteiger partial charge >= 0.3 is 11.9 Å². The highest BCUT2D eigenvalue weighted by molar-refractivity contribution is 5.88. The van der Waals surface area contributed by atoms with Crippen LogP contribution in [0, 0.1) is 0 Å². The summed E-state index contributed by atoms with van der Waals surface area (Å²) in [5.41, 5.74) is 1.55. The molecule has 0 aliphatic carbocycles. The third-order valence-corrected chi connectivity index (χ3v) is 4.45. The molecule has 3 N–H and O–H groups in total. The molecule has 0 saturated heterocycles. The Kier molecular flexibility index (Phi) is 5.69. The van der Waals surface area contributed by atoms with Gasteiger partial charge in [-0.25, -0.2) is 9.59 Å². The van der Waals surface area contributed by atoms with E-state index < -0.39 is 18.0 Å². The fourth-order valence-corrected chi connectivity index (χ4v) is 3.00. The van der Waals surface area contributed by atoms with Crippen LogP contribution >= 0.6 is 0 Å². The molecule has 6 nitrogen and oxygen atoms in total. The lowest BCUT2D eigenvalue weighted by atomic mass is 10.0. The van der Waals surface area contributed by atoms with E-state index in [4.69, 9.17) is 5.11 Å². The standard InChI is InChI=1S/C22H19NO5/c24-20(13-15-7-8-16-3-1-2-4-18(16)11-15)23-19(22(27)28)12-14-5-9-17(10-6-14)21(25)26/h1-11,19H,12-13H2,(H,23,24)(H,25,26)(H,27,28)/t19-/m0/s1. The van der Waals surface area contributed by atoms with Crippen LogP contribution in [0.1, 0.15) is 21.5 Å². The van der Waals surface area contributed by atoms with E-state index in [2.05, 4.69) is 5.32 Å². The highest BCUT2D eigenvalue weighted by Gasteiger charge is 2.20. The van der Waals surface area contributed by atoms with Crippen molar-refractivity contribution in [3.63, 3.8) is 0 Å². The zero-order chi connectivity index (χ0) is 20.1. The van der Waals surface area contributed by atoms with Crippen molar-refractivity contribution in [3.8, 4) is 0 Å². The van der Waals surface area contributed by atoms with E-state index in [0.29, 0.717) is 5.56 Å². The molecule has 0 unspecified atom stereocenters. The van der Waals surface area contributed by atoms with E-state index in [0.717, 1.165) is 16.3 Å². The number of rotatable bonds is 7. The maximum absolute atomic E-state index is 12.3. The van der Waals surface area contributed by atoms with Gasteiger partial charge in [0.05, 0.1) is 12.0 Å². The second kappa shape index (κ2) is 8.35. The Morgan fingerprint density at radius 3 is 2.11 bits per heavy atom. The first kappa shape index (κ1) is 19.1. The maximum Gasteiger partial charge on any atom is 0.335 e. The van der Waals surface area contributed by atoms with Crippen molar-refractivity contribution in [2.75, 3.05) is 0 Å². The van der Waals surface area contributed by atoms with E-state index in [1.807, 2.05) is 42.5 Å². The van der Waals surface area contributed by atoms with Crippen LogP contribution in [0.2, 0.25) is 0 Å². The second-order valence-corrected chi connectivity index (χ2v) is 6.52. The molecule has 0 spiro atoms. The number of carbonyl (C=O) groups excluding carboxylic acids is 1. The topological polar surface area (TPSA) is 104 Å². The van der Waals surface area contributed by atoms with Crippen molar-refractivity contribution in [1.82, 2.24) is 5.32 Å². The van der Waals surface area contributed by atoms with Gasteiger partial charge in [0.2, 0.25) is 5.91 Å². The van der Waals surface area contributed by atoms with Crippen LogP contribution in [0.3, 0.4) is 0 Å². The molecule has 0 aliphatic heterocycles. The minimum Gasteiger partial charge on any atom is -0.480 e. The zero-order valence-electron chi connectivity index (χ0n) is 15.0. The van der Waals surface area contributed by atoms with E-state index in [-0.39, 0.29) is 24.3 Å². The third kappa shape index (κ3) is 4.73. The van der Waals surface area contributed by atoms with Crippen molar-refractivity contribution >= 4 is 28.6 Å². The molecule has 3 rings (SSSR count). The monoisotopic (exact) mass is 377 g/mol. The molecule has 0 fully saturated rings. The molecule has 3 aromatic carbocycles. The van der Waals surface area contributed by atoms with Crippen LogP contribution in [0.4, 0.5) is 0 Å². The lowest BCUT2D eigenvalue weighted by Crippen LogP contribution is -2.43. The van der Waals surface area contributed by atoms with E-state index in [1.165, 1.54) is 12.1 Å². The Labute approximate surface area is 161 Å². The summed E-state index contributed by atoms with van der Waals surface area (Å²) in [5, 5.41) is 23.0. The number of carboxylic acids is 2. The van der Waals surface area contributed by atoms with Crippen molar-refractivity contribution in [1.29, 1.82) is 0 Å². The summed E-state index contributed by atoms with van der Waals surface area (Å²) < 4.78 is 0. The number of aromatic carboxylic acids is 1. The summed E-state index contributed by atoms with van der Waals surface area (Å²) in [6.45, 7) is 0. The number of hydrogen-bond donors (Lipinski definition) is 3. The van der Waals surface area contributed by atoms with Crippen LogP contribution in [-0.4, -0.2) is 34.1 Å². The molecule has 1 amide bonds. The van der Waals surface area contributed by atoms with E-state index in [1.54, 1.807) is 12.1 Å². The second-order valence-electron chi connectivity index (χ2n) is 6.52. The van der Waals surface area contributed by atoms with Crippen molar-refractivity contribution in [3.05, 3.63) is 83.4 Å². The Balaban J connectivity index is 1.66. The van der Waals surface area contributed by atoms with Crippen LogP contribution < -0.4 is 5.32 Å². The normalized spacial score (nSPS) is 11.7. The van der Waals surface area contributed by atoms with Gasteiger partial charge in [0.1, 0.15) is 6.04 Å². The SMILES string of the molecule is O=C(Cc1ccc2ccccc2c1)N[C@@H](Cc1ccc(C(=O)O)cc1)C(=O)O. The van der Waals surface area contributed by atoms with Crippen LogP contribution in [-0.2, 0) is 22.4 Å². The molecule has 0 heterocycles. The first-order valence-electron chi connectivity index (χ1n) is 8.74. The average molecular weight is 377 g/mol. The van der Waals surface area contributed by atoms with Crippen LogP contribution in [0.5, 0.6) is 0 Å². The number of hydrogen-bond acceptors (Lipinski definition) is 3. The Hall–Kier alpha value is -3.67. The zero-order valence-corrected chi connectivity index (χ0v) is 15.0. The predicted octanol–water partition coefficient (Wildman–Crippen LogP) is 2.89. The highest BCUT2D eigenvalue weighted by atomic mass is 16.4. The maximum atomic E-state index is 12.3. The van der Waals surface area contributed by atoms with Crippen LogP contribution in [0.15, 0.2) is 66.7 Å². The van der Waals surface area contributed by atoms with Crippen molar-refractivity contribution in [2.45, 2.75) is 18.9 Å². The largest absolute Gasteiger partial charge is 0.480 e. The van der Waals surface area contributed by atoms with Crippen molar-refractivity contribution < 1.29 is 24.6 Å². The minimum atomic E-state index is -1.14. The first-order valence-corrected chi connectivity index (χ1v) is 8.74. The quantitative estimate of drug-likeness (QED) is 0.587. The molecule has 0 radical (unpaired) electrons. The highest BCUT2D eigenvalue weighted by Crippen LogP contribution is 2.16. The van der Waals surface area contributed by atoms with Gasteiger partial charge < -0.3 is 15.5 Å².